The van der Waals surface area contributed by atoms with Gasteiger partial charge in [0.15, 0.2) is 5.96 Å². The predicted octanol–water partition coefficient (Wildman–Crippen LogP) is 3.33. The highest BCUT2D eigenvalue weighted by atomic mass is 35.5. The van der Waals surface area contributed by atoms with Crippen LogP contribution in [0.1, 0.15) is 31.1 Å². The molecule has 5 nitrogen and oxygen atoms in total. The zero-order valence-electron chi connectivity index (χ0n) is 15.1. The summed E-state index contributed by atoms with van der Waals surface area (Å²) in [4.78, 5) is 5.89. The fourth-order valence-electron chi connectivity index (χ4n) is 2.65. The molecule has 0 spiro atoms. The van der Waals surface area contributed by atoms with Gasteiger partial charge in [-0.25, -0.2) is 0 Å². The number of halogens is 1. The summed E-state index contributed by atoms with van der Waals surface area (Å²) in [5.74, 6) is 1.54. The first-order valence-corrected chi connectivity index (χ1v) is 10.4. The van der Waals surface area contributed by atoms with E-state index in [0.29, 0.717) is 5.92 Å². The fraction of sp³-hybridized carbons (Fsp3) is 0.722. The maximum absolute atomic E-state index is 5.96. The molecule has 1 aliphatic rings. The van der Waals surface area contributed by atoms with Gasteiger partial charge in [-0.1, -0.05) is 11.6 Å². The molecule has 0 saturated carbocycles. The Balaban J connectivity index is 1.56. The van der Waals surface area contributed by atoms with E-state index in [0.717, 1.165) is 82.0 Å². The van der Waals surface area contributed by atoms with Crippen molar-refractivity contribution in [1.29, 1.82) is 0 Å². The molecule has 1 aromatic heterocycles. The third-order valence-corrected chi connectivity index (χ3v) is 5.34. The first-order chi connectivity index (χ1) is 12.3. The zero-order chi connectivity index (χ0) is 17.7. The summed E-state index contributed by atoms with van der Waals surface area (Å²) in [6, 6.07) is 4.02. The average molecular weight is 388 g/mol. The zero-order valence-corrected chi connectivity index (χ0v) is 16.6. The quantitative estimate of drug-likeness (QED) is 0.367. The number of hydrogen-bond donors (Lipinski definition) is 2. The maximum atomic E-state index is 5.96. The van der Waals surface area contributed by atoms with Gasteiger partial charge in [0.05, 0.1) is 4.34 Å². The van der Waals surface area contributed by atoms with Gasteiger partial charge < -0.3 is 20.1 Å². The lowest BCUT2D eigenvalue weighted by atomic mass is 10.0. The third-order valence-electron chi connectivity index (χ3n) is 4.05. The van der Waals surface area contributed by atoms with E-state index >= 15 is 0 Å². The van der Waals surface area contributed by atoms with Crippen molar-refractivity contribution in [3.63, 3.8) is 0 Å². The number of nitrogens with one attached hydrogen (secondary N) is 2. The highest BCUT2D eigenvalue weighted by Gasteiger charge is 2.13. The summed E-state index contributed by atoms with van der Waals surface area (Å²) < 4.78 is 12.0. The van der Waals surface area contributed by atoms with Crippen molar-refractivity contribution >= 4 is 28.9 Å². The molecule has 1 fully saturated rings. The van der Waals surface area contributed by atoms with E-state index in [9.17, 15) is 0 Å². The van der Waals surface area contributed by atoms with E-state index in [1.54, 1.807) is 11.3 Å². The van der Waals surface area contributed by atoms with Crippen LogP contribution in [0.2, 0.25) is 4.34 Å². The van der Waals surface area contributed by atoms with Crippen molar-refractivity contribution in [2.75, 3.05) is 46.1 Å². The molecule has 1 aliphatic heterocycles. The van der Waals surface area contributed by atoms with Crippen LogP contribution in [0.4, 0.5) is 0 Å². The lowest BCUT2D eigenvalue weighted by Crippen LogP contribution is -2.38. The van der Waals surface area contributed by atoms with E-state index < -0.39 is 0 Å². The number of nitrogens with zero attached hydrogens (tertiary/aromatic N) is 1. The van der Waals surface area contributed by atoms with Gasteiger partial charge in [0, 0.05) is 50.9 Å². The Morgan fingerprint density at radius 1 is 1.36 bits per heavy atom. The van der Waals surface area contributed by atoms with Gasteiger partial charge in [0.2, 0.25) is 0 Å². The van der Waals surface area contributed by atoms with Gasteiger partial charge in [-0.3, -0.25) is 4.99 Å². The summed E-state index contributed by atoms with van der Waals surface area (Å²) >= 11 is 7.59. The maximum Gasteiger partial charge on any atom is 0.191 e. The third kappa shape index (κ3) is 8.90. The second kappa shape index (κ2) is 12.5. The molecule has 25 heavy (non-hydrogen) atoms. The van der Waals surface area contributed by atoms with Crippen LogP contribution < -0.4 is 10.6 Å². The molecule has 0 radical (unpaired) electrons. The largest absolute Gasteiger partial charge is 0.381 e. The smallest absolute Gasteiger partial charge is 0.191 e. The van der Waals surface area contributed by atoms with Gasteiger partial charge >= 0.3 is 0 Å². The molecule has 1 saturated heterocycles. The Bertz CT molecular complexity index is 504. The molecular formula is C18H30ClN3O2S. The first-order valence-electron chi connectivity index (χ1n) is 9.19. The molecule has 0 aromatic carbocycles. The van der Waals surface area contributed by atoms with Crippen LogP contribution in [0.25, 0.3) is 0 Å². The summed E-state index contributed by atoms with van der Waals surface area (Å²) in [5, 5.41) is 6.65. The Labute approximate surface area is 160 Å². The van der Waals surface area contributed by atoms with Crippen LogP contribution in [0.5, 0.6) is 0 Å². The van der Waals surface area contributed by atoms with Crippen LogP contribution in [0.3, 0.4) is 0 Å². The van der Waals surface area contributed by atoms with Gasteiger partial charge in [0.25, 0.3) is 0 Å². The molecule has 0 amide bonds. The lowest BCUT2D eigenvalue weighted by Gasteiger charge is -2.21. The van der Waals surface area contributed by atoms with Crippen molar-refractivity contribution in [3.05, 3.63) is 21.3 Å². The second-order valence-corrected chi connectivity index (χ2v) is 7.93. The van der Waals surface area contributed by atoms with E-state index in [2.05, 4.69) is 28.6 Å². The Morgan fingerprint density at radius 3 is 2.92 bits per heavy atom. The number of aliphatic imine (C=N–C) groups is 1. The normalized spacial score (nSPS) is 16.2. The minimum atomic E-state index is 0.669. The minimum Gasteiger partial charge on any atom is -0.381 e. The van der Waals surface area contributed by atoms with Gasteiger partial charge in [0.1, 0.15) is 0 Å². The second-order valence-electron chi connectivity index (χ2n) is 6.13. The van der Waals surface area contributed by atoms with Crippen molar-refractivity contribution in [3.8, 4) is 0 Å². The summed E-state index contributed by atoms with van der Waals surface area (Å²) in [5.41, 5.74) is 0. The molecule has 0 aliphatic carbocycles. The fourth-order valence-corrected chi connectivity index (χ4v) is 3.74. The van der Waals surface area contributed by atoms with E-state index in [1.165, 1.54) is 4.88 Å². The molecule has 2 rings (SSSR count). The van der Waals surface area contributed by atoms with E-state index in [4.69, 9.17) is 21.1 Å². The molecule has 2 heterocycles. The first kappa shape index (κ1) is 20.5. The Morgan fingerprint density at radius 2 is 2.20 bits per heavy atom. The summed E-state index contributed by atoms with van der Waals surface area (Å²) in [6.07, 6.45) is 4.15. The summed E-state index contributed by atoms with van der Waals surface area (Å²) in [7, 11) is 0. The molecule has 0 unspecified atom stereocenters. The van der Waals surface area contributed by atoms with Crippen molar-refractivity contribution < 1.29 is 9.47 Å². The molecule has 0 atom stereocenters. The van der Waals surface area contributed by atoms with E-state index in [1.807, 2.05) is 6.07 Å². The molecular weight excluding hydrogens is 358 g/mol. The molecule has 142 valence electrons. The number of hydrogen-bond acceptors (Lipinski definition) is 4. The monoisotopic (exact) mass is 387 g/mol. The van der Waals surface area contributed by atoms with Crippen LogP contribution in [-0.4, -0.2) is 52.0 Å². The van der Waals surface area contributed by atoms with Crippen LogP contribution in [0.15, 0.2) is 17.1 Å². The van der Waals surface area contributed by atoms with Crippen molar-refractivity contribution in [2.24, 2.45) is 10.9 Å². The summed E-state index contributed by atoms with van der Waals surface area (Å²) in [6.45, 7) is 7.95. The van der Waals surface area contributed by atoms with Crippen LogP contribution >= 0.6 is 22.9 Å². The van der Waals surface area contributed by atoms with Gasteiger partial charge in [-0.05, 0) is 50.7 Å². The average Bonchev–Trinajstić information content (AvgIpc) is 3.04. The van der Waals surface area contributed by atoms with Gasteiger partial charge in [-0.15, -0.1) is 11.3 Å². The van der Waals surface area contributed by atoms with Crippen LogP contribution in [0, 0.1) is 5.92 Å². The van der Waals surface area contributed by atoms with E-state index in [-0.39, 0.29) is 0 Å². The number of rotatable bonds is 10. The Kier molecular flexibility index (Phi) is 10.3. The number of thiophene rings is 1. The highest BCUT2D eigenvalue weighted by Crippen LogP contribution is 2.21. The Hall–Kier alpha value is -0.820. The highest BCUT2D eigenvalue weighted by molar-refractivity contribution is 7.16. The van der Waals surface area contributed by atoms with Crippen molar-refractivity contribution in [1.82, 2.24) is 10.6 Å². The SMILES string of the molecule is CCNC(=NCCCOCC1CCOCC1)NCCc1ccc(Cl)s1. The standard InChI is InChI=1S/C18H30ClN3O2S/c1-2-20-18(22-10-6-16-4-5-17(19)25-16)21-9-3-11-24-14-15-7-12-23-13-8-15/h4-5,15H,2-3,6-14H2,1H3,(H2,20,21,22). The molecule has 7 heteroatoms. The predicted molar refractivity (Wildman–Crippen MR) is 106 cm³/mol. The topological polar surface area (TPSA) is 54.9 Å². The number of ether oxygens (including phenoxy) is 2. The van der Waals surface area contributed by atoms with Crippen molar-refractivity contribution in [2.45, 2.75) is 32.6 Å². The molecule has 0 bridgehead atoms. The lowest BCUT2D eigenvalue weighted by molar-refractivity contribution is 0.0205. The molecule has 2 N–H and O–H groups in total. The minimum absolute atomic E-state index is 0.669. The van der Waals surface area contributed by atoms with Crippen LogP contribution in [-0.2, 0) is 15.9 Å². The molecule has 1 aromatic rings. The number of guanidine groups is 1. The van der Waals surface area contributed by atoms with Gasteiger partial charge in [-0.2, -0.15) is 0 Å².